The Morgan fingerprint density at radius 3 is 2.79 bits per heavy atom. The molecule has 0 fully saturated rings. The van der Waals surface area contributed by atoms with E-state index in [1.54, 1.807) is 30.6 Å². The molecule has 0 unspecified atom stereocenters. The number of nitrogens with zero attached hydrogens (tertiary/aromatic N) is 4. The number of carbonyl (C=O) groups excluding carboxylic acids is 1. The number of oxime groups is 1. The van der Waals surface area contributed by atoms with E-state index >= 15 is 0 Å². The number of nitrogens with one attached hydrogen (secondary N) is 1. The normalized spacial score (nSPS) is 11.6. The maximum atomic E-state index is 12.1. The van der Waals surface area contributed by atoms with Gasteiger partial charge in [0.2, 0.25) is 5.95 Å². The fraction of sp³-hybridized carbons (Fsp3) is 0.133. The lowest BCUT2D eigenvalue weighted by atomic mass is 10.1. The number of thiophene rings is 1. The van der Waals surface area contributed by atoms with Gasteiger partial charge >= 0.3 is 0 Å². The van der Waals surface area contributed by atoms with Crippen molar-refractivity contribution in [3.8, 4) is 0 Å². The number of amides is 1. The highest BCUT2D eigenvalue weighted by Crippen LogP contribution is 2.28. The first-order valence-electron chi connectivity index (χ1n) is 7.12. The van der Waals surface area contributed by atoms with Crippen molar-refractivity contribution in [3.05, 3.63) is 46.7 Å². The summed E-state index contributed by atoms with van der Waals surface area (Å²) in [5, 5.41) is 16.2. The Bertz CT molecular complexity index is 922. The van der Waals surface area contributed by atoms with Crippen molar-refractivity contribution in [1.82, 2.24) is 20.3 Å². The maximum absolute atomic E-state index is 12.1. The topological polar surface area (TPSA) is 126 Å². The van der Waals surface area contributed by atoms with Gasteiger partial charge in [-0.05, 0) is 25.1 Å². The van der Waals surface area contributed by atoms with E-state index in [0.717, 1.165) is 0 Å². The Morgan fingerprint density at radius 1 is 1.38 bits per heavy atom. The fourth-order valence-corrected chi connectivity index (χ4v) is 3.18. The van der Waals surface area contributed by atoms with Gasteiger partial charge in [-0.25, -0.2) is 9.97 Å². The number of aromatic nitrogens is 3. The van der Waals surface area contributed by atoms with Gasteiger partial charge < -0.3 is 16.3 Å². The molecule has 0 radical (unpaired) electrons. The summed E-state index contributed by atoms with van der Waals surface area (Å²) in [5.74, 6) is -0.159. The first-order valence-corrected chi connectivity index (χ1v) is 7.93. The molecule has 3 aromatic heterocycles. The van der Waals surface area contributed by atoms with E-state index in [1.807, 2.05) is 6.92 Å². The van der Waals surface area contributed by atoms with Gasteiger partial charge in [0.15, 0.2) is 0 Å². The third-order valence-corrected chi connectivity index (χ3v) is 4.28. The van der Waals surface area contributed by atoms with Gasteiger partial charge in [0.05, 0.1) is 4.88 Å². The standard InChI is InChI=1S/C15H14N6O2S/c1-2-18-13(22)10-7-9-12(19-15(16)20-14(9)24-10)11(21-23)8-3-5-17-6-4-8/h3-7,23H,2H2,1H3,(H,18,22)(H2,16,19,20). The highest BCUT2D eigenvalue weighted by molar-refractivity contribution is 7.20. The molecule has 0 saturated heterocycles. The van der Waals surface area contributed by atoms with Crippen molar-refractivity contribution in [2.24, 2.45) is 5.16 Å². The minimum atomic E-state index is -0.198. The number of rotatable bonds is 4. The van der Waals surface area contributed by atoms with E-state index < -0.39 is 0 Å². The van der Waals surface area contributed by atoms with Crippen LogP contribution in [0.15, 0.2) is 35.7 Å². The number of hydrogen-bond acceptors (Lipinski definition) is 8. The molecule has 3 aromatic rings. The van der Waals surface area contributed by atoms with E-state index in [2.05, 4.69) is 25.4 Å². The quantitative estimate of drug-likeness (QED) is 0.376. The average molecular weight is 342 g/mol. The molecular formula is C15H14N6O2S. The van der Waals surface area contributed by atoms with E-state index in [-0.39, 0.29) is 17.6 Å². The van der Waals surface area contributed by atoms with Gasteiger partial charge in [-0.3, -0.25) is 9.78 Å². The van der Waals surface area contributed by atoms with Crippen LogP contribution in [0.4, 0.5) is 5.95 Å². The lowest BCUT2D eigenvalue weighted by molar-refractivity contribution is 0.0960. The maximum Gasteiger partial charge on any atom is 0.261 e. The van der Waals surface area contributed by atoms with Crippen LogP contribution in [-0.2, 0) is 0 Å². The van der Waals surface area contributed by atoms with Crippen LogP contribution in [0, 0.1) is 0 Å². The predicted molar refractivity (Wildman–Crippen MR) is 91.5 cm³/mol. The molecule has 8 nitrogen and oxygen atoms in total. The summed E-state index contributed by atoms with van der Waals surface area (Å²) in [6, 6.07) is 5.05. The van der Waals surface area contributed by atoms with Crippen LogP contribution >= 0.6 is 11.3 Å². The molecule has 1 amide bonds. The molecule has 0 bridgehead atoms. The zero-order chi connectivity index (χ0) is 17.1. The zero-order valence-electron chi connectivity index (χ0n) is 12.7. The molecule has 122 valence electrons. The molecular weight excluding hydrogens is 328 g/mol. The number of pyridine rings is 1. The molecule has 3 heterocycles. The number of nitrogens with two attached hydrogens (primary N) is 1. The zero-order valence-corrected chi connectivity index (χ0v) is 13.5. The number of nitrogen functional groups attached to an aromatic ring is 1. The third-order valence-electron chi connectivity index (χ3n) is 3.25. The second-order valence-corrected chi connectivity index (χ2v) is 5.83. The van der Waals surface area contributed by atoms with Crippen molar-refractivity contribution in [2.45, 2.75) is 6.92 Å². The van der Waals surface area contributed by atoms with E-state index in [1.165, 1.54) is 11.3 Å². The van der Waals surface area contributed by atoms with E-state index in [4.69, 9.17) is 5.73 Å². The number of carbonyl (C=O) groups is 1. The fourth-order valence-electron chi connectivity index (χ4n) is 2.23. The molecule has 0 atom stereocenters. The predicted octanol–water partition coefficient (Wildman–Crippen LogP) is 1.64. The summed E-state index contributed by atoms with van der Waals surface area (Å²) in [6.07, 6.45) is 3.16. The van der Waals surface area contributed by atoms with Crippen LogP contribution < -0.4 is 11.1 Å². The smallest absolute Gasteiger partial charge is 0.261 e. The van der Waals surface area contributed by atoms with Crippen LogP contribution in [0.25, 0.3) is 10.2 Å². The van der Waals surface area contributed by atoms with Gasteiger partial charge in [-0.1, -0.05) is 5.16 Å². The summed E-state index contributed by atoms with van der Waals surface area (Å²) in [4.78, 5) is 25.4. The minimum absolute atomic E-state index is 0.0389. The molecule has 0 aliphatic carbocycles. The molecule has 0 spiro atoms. The Labute approximate surface area is 141 Å². The van der Waals surface area contributed by atoms with E-state index in [9.17, 15) is 10.0 Å². The molecule has 24 heavy (non-hydrogen) atoms. The van der Waals surface area contributed by atoms with Gasteiger partial charge in [0.1, 0.15) is 16.2 Å². The molecule has 9 heteroatoms. The summed E-state index contributed by atoms with van der Waals surface area (Å²) < 4.78 is 0. The lowest BCUT2D eigenvalue weighted by Crippen LogP contribution is -2.21. The highest BCUT2D eigenvalue weighted by Gasteiger charge is 2.19. The van der Waals surface area contributed by atoms with Crippen molar-refractivity contribution in [1.29, 1.82) is 0 Å². The molecule has 0 aliphatic heterocycles. The Balaban J connectivity index is 2.18. The first kappa shape index (κ1) is 15.8. The van der Waals surface area contributed by atoms with Crippen molar-refractivity contribution >= 4 is 39.1 Å². The summed E-state index contributed by atoms with van der Waals surface area (Å²) in [5.41, 5.74) is 6.99. The first-order chi connectivity index (χ1) is 11.6. The van der Waals surface area contributed by atoms with Crippen molar-refractivity contribution in [2.75, 3.05) is 12.3 Å². The Morgan fingerprint density at radius 2 is 2.12 bits per heavy atom. The summed E-state index contributed by atoms with van der Waals surface area (Å²) in [7, 11) is 0. The third kappa shape index (κ3) is 2.88. The number of anilines is 1. The molecule has 4 N–H and O–H groups in total. The van der Waals surface area contributed by atoms with Crippen LogP contribution in [0.2, 0.25) is 0 Å². The summed E-state index contributed by atoms with van der Waals surface area (Å²) in [6.45, 7) is 2.36. The van der Waals surface area contributed by atoms with Gasteiger partial charge in [-0.2, -0.15) is 0 Å². The second-order valence-electron chi connectivity index (χ2n) is 4.80. The van der Waals surface area contributed by atoms with Crippen LogP contribution in [0.3, 0.4) is 0 Å². The average Bonchev–Trinajstić information content (AvgIpc) is 3.01. The van der Waals surface area contributed by atoms with Crippen LogP contribution in [0.1, 0.15) is 27.9 Å². The van der Waals surface area contributed by atoms with Gasteiger partial charge in [0.25, 0.3) is 5.91 Å². The summed E-state index contributed by atoms with van der Waals surface area (Å²) >= 11 is 1.20. The Kier molecular flexibility index (Phi) is 4.34. The van der Waals surface area contributed by atoms with Crippen molar-refractivity contribution in [3.63, 3.8) is 0 Å². The van der Waals surface area contributed by atoms with Gasteiger partial charge in [0, 0.05) is 29.9 Å². The van der Waals surface area contributed by atoms with Crippen molar-refractivity contribution < 1.29 is 10.0 Å². The largest absolute Gasteiger partial charge is 0.410 e. The molecule has 0 aromatic carbocycles. The second kappa shape index (κ2) is 6.59. The highest BCUT2D eigenvalue weighted by atomic mass is 32.1. The molecule has 3 rings (SSSR count). The Hall–Kier alpha value is -3.07. The number of fused-ring (bicyclic) bond motifs is 1. The minimum Gasteiger partial charge on any atom is -0.410 e. The molecule has 0 aliphatic rings. The van der Waals surface area contributed by atoms with Crippen LogP contribution in [-0.4, -0.2) is 38.3 Å². The van der Waals surface area contributed by atoms with Crippen LogP contribution in [0.5, 0.6) is 0 Å². The monoisotopic (exact) mass is 342 g/mol. The van der Waals surface area contributed by atoms with Gasteiger partial charge in [-0.15, -0.1) is 11.3 Å². The van der Waals surface area contributed by atoms with E-state index in [0.29, 0.717) is 32.9 Å². The molecule has 0 saturated carbocycles. The SMILES string of the molecule is CCNC(=O)c1cc2c(C(=NO)c3ccncc3)nc(N)nc2s1. The number of hydrogen-bond donors (Lipinski definition) is 3. The lowest BCUT2D eigenvalue weighted by Gasteiger charge is -2.05.